The highest BCUT2D eigenvalue weighted by molar-refractivity contribution is 7.16. The van der Waals surface area contributed by atoms with Gasteiger partial charge in [-0.25, -0.2) is 0 Å². The standard InChI is InChI=1S/C14H21N3O2S/c1-9(2)17(5-6-18)8-13(19)16-14-12(7-15)10(3)11(4)20-14/h9,18H,5-6,8H2,1-4H3,(H,16,19). The first-order chi connectivity index (χ1) is 9.40. The summed E-state index contributed by atoms with van der Waals surface area (Å²) in [4.78, 5) is 15.0. The van der Waals surface area contributed by atoms with Crippen molar-refractivity contribution in [2.75, 3.05) is 25.0 Å². The molecule has 0 aromatic carbocycles. The predicted octanol–water partition coefficient (Wildman–Crippen LogP) is 1.88. The van der Waals surface area contributed by atoms with Crippen molar-refractivity contribution in [1.82, 2.24) is 4.90 Å². The molecule has 1 rings (SSSR count). The smallest absolute Gasteiger partial charge is 0.239 e. The van der Waals surface area contributed by atoms with E-state index in [1.165, 1.54) is 11.3 Å². The van der Waals surface area contributed by atoms with Crippen molar-refractivity contribution in [3.63, 3.8) is 0 Å². The number of hydrogen-bond donors (Lipinski definition) is 2. The fourth-order valence-electron chi connectivity index (χ4n) is 1.85. The lowest BCUT2D eigenvalue weighted by Gasteiger charge is -2.24. The van der Waals surface area contributed by atoms with E-state index in [1.54, 1.807) is 0 Å². The largest absolute Gasteiger partial charge is 0.395 e. The number of amides is 1. The van der Waals surface area contributed by atoms with Crippen LogP contribution in [0.2, 0.25) is 0 Å². The number of carbonyl (C=O) groups is 1. The molecule has 1 aromatic rings. The third kappa shape index (κ3) is 4.04. The number of thiophene rings is 1. The summed E-state index contributed by atoms with van der Waals surface area (Å²) < 4.78 is 0. The zero-order chi connectivity index (χ0) is 15.3. The molecule has 0 aliphatic rings. The molecule has 0 spiro atoms. The number of nitrogens with zero attached hydrogens (tertiary/aromatic N) is 2. The molecule has 0 unspecified atom stereocenters. The van der Waals surface area contributed by atoms with E-state index >= 15 is 0 Å². The van der Waals surface area contributed by atoms with Gasteiger partial charge in [-0.3, -0.25) is 9.69 Å². The van der Waals surface area contributed by atoms with E-state index in [9.17, 15) is 4.79 Å². The van der Waals surface area contributed by atoms with Gasteiger partial charge in [0.1, 0.15) is 11.1 Å². The van der Waals surface area contributed by atoms with E-state index in [0.29, 0.717) is 17.1 Å². The lowest BCUT2D eigenvalue weighted by Crippen LogP contribution is -2.39. The summed E-state index contributed by atoms with van der Waals surface area (Å²) in [6.07, 6.45) is 0. The van der Waals surface area contributed by atoms with Crippen molar-refractivity contribution in [3.05, 3.63) is 16.0 Å². The third-order valence-corrected chi connectivity index (χ3v) is 4.34. The summed E-state index contributed by atoms with van der Waals surface area (Å²) in [6.45, 7) is 8.45. The number of aliphatic hydroxyl groups excluding tert-OH is 1. The highest BCUT2D eigenvalue weighted by atomic mass is 32.1. The maximum absolute atomic E-state index is 12.1. The van der Waals surface area contributed by atoms with Crippen molar-refractivity contribution in [2.45, 2.75) is 33.7 Å². The third-order valence-electron chi connectivity index (χ3n) is 3.21. The second-order valence-electron chi connectivity index (χ2n) is 4.94. The van der Waals surface area contributed by atoms with Crippen LogP contribution in [0.4, 0.5) is 5.00 Å². The Hall–Kier alpha value is -1.42. The summed E-state index contributed by atoms with van der Waals surface area (Å²) in [5, 5.41) is 21.5. The van der Waals surface area contributed by atoms with Gasteiger partial charge in [-0.05, 0) is 33.3 Å². The first kappa shape index (κ1) is 16.6. The average Bonchev–Trinajstić information content (AvgIpc) is 2.63. The van der Waals surface area contributed by atoms with Gasteiger partial charge in [-0.1, -0.05) is 0 Å². The zero-order valence-corrected chi connectivity index (χ0v) is 13.2. The molecule has 0 fully saturated rings. The molecule has 110 valence electrons. The monoisotopic (exact) mass is 295 g/mol. The molecule has 0 aliphatic carbocycles. The van der Waals surface area contributed by atoms with Crippen LogP contribution in [-0.4, -0.2) is 41.7 Å². The number of aryl methyl sites for hydroxylation is 1. The summed E-state index contributed by atoms with van der Waals surface area (Å²) in [6, 6.07) is 2.31. The van der Waals surface area contributed by atoms with E-state index < -0.39 is 0 Å². The summed E-state index contributed by atoms with van der Waals surface area (Å²) in [7, 11) is 0. The first-order valence-electron chi connectivity index (χ1n) is 6.55. The van der Waals surface area contributed by atoms with E-state index in [2.05, 4.69) is 11.4 Å². The maximum Gasteiger partial charge on any atom is 0.239 e. The Morgan fingerprint density at radius 3 is 2.65 bits per heavy atom. The van der Waals surface area contributed by atoms with E-state index in [0.717, 1.165) is 10.4 Å². The number of nitriles is 1. The molecule has 0 saturated carbocycles. The molecule has 1 heterocycles. The highest BCUT2D eigenvalue weighted by Gasteiger charge is 2.17. The van der Waals surface area contributed by atoms with Crippen LogP contribution in [-0.2, 0) is 4.79 Å². The van der Waals surface area contributed by atoms with Crippen LogP contribution in [0.25, 0.3) is 0 Å². The van der Waals surface area contributed by atoms with Crippen molar-refractivity contribution < 1.29 is 9.90 Å². The molecule has 1 amide bonds. The number of aliphatic hydroxyl groups is 1. The highest BCUT2D eigenvalue weighted by Crippen LogP contribution is 2.31. The van der Waals surface area contributed by atoms with Crippen LogP contribution < -0.4 is 5.32 Å². The SMILES string of the molecule is Cc1sc(NC(=O)CN(CCO)C(C)C)c(C#N)c1C. The van der Waals surface area contributed by atoms with Gasteiger partial charge in [0, 0.05) is 17.5 Å². The Balaban J connectivity index is 2.76. The minimum atomic E-state index is -0.162. The normalized spacial score (nSPS) is 10.9. The van der Waals surface area contributed by atoms with Gasteiger partial charge in [0.2, 0.25) is 5.91 Å². The molecule has 0 atom stereocenters. The lowest BCUT2D eigenvalue weighted by atomic mass is 10.2. The van der Waals surface area contributed by atoms with Gasteiger partial charge in [0.15, 0.2) is 0 Å². The van der Waals surface area contributed by atoms with E-state index in [4.69, 9.17) is 10.4 Å². The minimum Gasteiger partial charge on any atom is -0.395 e. The van der Waals surface area contributed by atoms with Crippen LogP contribution in [0.3, 0.4) is 0 Å². The van der Waals surface area contributed by atoms with Crippen molar-refractivity contribution in [2.24, 2.45) is 0 Å². The van der Waals surface area contributed by atoms with Gasteiger partial charge in [-0.2, -0.15) is 5.26 Å². The Kier molecular flexibility index (Phi) is 6.14. The molecular formula is C14H21N3O2S. The van der Waals surface area contributed by atoms with Gasteiger partial charge >= 0.3 is 0 Å². The molecular weight excluding hydrogens is 274 g/mol. The van der Waals surface area contributed by atoms with Crippen molar-refractivity contribution >= 4 is 22.2 Å². The molecule has 1 aromatic heterocycles. The second kappa shape index (κ2) is 7.39. The molecule has 0 radical (unpaired) electrons. The van der Waals surface area contributed by atoms with Crippen LogP contribution in [0, 0.1) is 25.2 Å². The zero-order valence-electron chi connectivity index (χ0n) is 12.4. The van der Waals surface area contributed by atoms with Crippen LogP contribution in [0.5, 0.6) is 0 Å². The quantitative estimate of drug-likeness (QED) is 0.840. The van der Waals surface area contributed by atoms with Crippen molar-refractivity contribution in [3.8, 4) is 6.07 Å². The Morgan fingerprint density at radius 1 is 1.50 bits per heavy atom. The molecule has 0 aliphatic heterocycles. The molecule has 2 N–H and O–H groups in total. The first-order valence-corrected chi connectivity index (χ1v) is 7.37. The molecule has 5 nitrogen and oxygen atoms in total. The van der Waals surface area contributed by atoms with Gasteiger partial charge < -0.3 is 10.4 Å². The fraction of sp³-hybridized carbons (Fsp3) is 0.571. The summed E-state index contributed by atoms with van der Waals surface area (Å²) in [5.74, 6) is -0.162. The molecule has 6 heteroatoms. The Morgan fingerprint density at radius 2 is 2.15 bits per heavy atom. The number of carbonyl (C=O) groups excluding carboxylic acids is 1. The number of rotatable bonds is 6. The second-order valence-corrected chi connectivity index (χ2v) is 6.16. The van der Waals surface area contributed by atoms with Crippen LogP contribution >= 0.6 is 11.3 Å². The van der Waals surface area contributed by atoms with E-state index in [1.807, 2.05) is 32.6 Å². The molecule has 0 bridgehead atoms. The van der Waals surface area contributed by atoms with Gasteiger partial charge in [-0.15, -0.1) is 11.3 Å². The lowest BCUT2D eigenvalue weighted by molar-refractivity contribution is -0.117. The number of hydrogen-bond acceptors (Lipinski definition) is 5. The maximum atomic E-state index is 12.1. The predicted molar refractivity (Wildman–Crippen MR) is 80.9 cm³/mol. The fourth-order valence-corrected chi connectivity index (χ4v) is 2.88. The summed E-state index contributed by atoms with van der Waals surface area (Å²) in [5.41, 5.74) is 1.46. The Labute approximate surface area is 123 Å². The molecule has 20 heavy (non-hydrogen) atoms. The molecule has 0 saturated heterocycles. The number of anilines is 1. The average molecular weight is 295 g/mol. The van der Waals surface area contributed by atoms with Crippen molar-refractivity contribution in [1.29, 1.82) is 5.26 Å². The topological polar surface area (TPSA) is 76.4 Å². The van der Waals surface area contributed by atoms with Crippen LogP contribution in [0.1, 0.15) is 29.9 Å². The minimum absolute atomic E-state index is 0.0200. The summed E-state index contributed by atoms with van der Waals surface area (Å²) >= 11 is 1.42. The van der Waals surface area contributed by atoms with E-state index in [-0.39, 0.29) is 25.1 Å². The van der Waals surface area contributed by atoms with Gasteiger partial charge in [0.25, 0.3) is 0 Å². The van der Waals surface area contributed by atoms with Gasteiger partial charge in [0.05, 0.1) is 18.7 Å². The number of nitrogens with one attached hydrogen (secondary N) is 1. The van der Waals surface area contributed by atoms with Crippen LogP contribution in [0.15, 0.2) is 0 Å². The Bertz CT molecular complexity index is 517.